The van der Waals surface area contributed by atoms with Gasteiger partial charge in [0.05, 0.1) is 41.8 Å². The third-order valence-corrected chi connectivity index (χ3v) is 7.21. The van der Waals surface area contributed by atoms with Gasteiger partial charge < -0.3 is 20.5 Å². The van der Waals surface area contributed by atoms with E-state index in [1.54, 1.807) is 47.4 Å². The highest BCUT2D eigenvalue weighted by Crippen LogP contribution is 2.39. The van der Waals surface area contributed by atoms with Gasteiger partial charge in [0, 0.05) is 59.6 Å². The molecule has 4 rings (SSSR count). The number of rotatable bonds is 9. The van der Waals surface area contributed by atoms with E-state index < -0.39 is 5.82 Å². The van der Waals surface area contributed by atoms with Gasteiger partial charge in [0.15, 0.2) is 5.82 Å². The molecule has 0 fully saturated rings. The number of carbonyl (C=O) groups is 1. The number of aliphatic imine (C=N–C) groups is 1. The zero-order chi connectivity index (χ0) is 30.8. The lowest BCUT2D eigenvalue weighted by Gasteiger charge is -2.26. The minimum Gasteiger partial charge on any atom is -0.495 e. The Hall–Kier alpha value is -2.55. The standard InChI is InChI=1S/C29H31Cl2FN4O3.H2INO/c1-4-8-34-13-18-10-17(11-24(38-3)27(18)33)29(37)35-9-7-19-12-21-16(2)14-39-15-22(21)28(36-19)20-5-6-23(30)26(32)25(20)31;1-3-2/h5-6,10-13,16H,4,7-9,14-15,33H2,1-3H3,(H,35,37);2H2. The number of pyridine rings is 1. The van der Waals surface area contributed by atoms with Gasteiger partial charge in [0.2, 0.25) is 0 Å². The van der Waals surface area contributed by atoms with Gasteiger partial charge in [-0.05, 0) is 42.3 Å². The number of nitrogen functional groups attached to an aromatic ring is 1. The molecule has 13 heteroatoms. The number of amides is 1. The number of benzene rings is 2. The van der Waals surface area contributed by atoms with E-state index in [0.717, 1.165) is 23.2 Å². The van der Waals surface area contributed by atoms with E-state index >= 15 is 0 Å². The minimum absolute atomic E-state index is 0.0554. The topological polar surface area (TPSA) is 134 Å². The highest BCUT2D eigenvalue weighted by molar-refractivity contribution is 14.1. The molecule has 5 N–H and O–H groups in total. The van der Waals surface area contributed by atoms with Crippen molar-refractivity contribution in [2.24, 2.45) is 10.9 Å². The fraction of sp³-hybridized carbons (Fsp3) is 0.345. The van der Waals surface area contributed by atoms with Crippen LogP contribution in [0, 0.1) is 5.82 Å². The molecule has 226 valence electrons. The number of hydrogen-bond acceptors (Lipinski definition) is 8. The molecule has 0 saturated heterocycles. The van der Waals surface area contributed by atoms with Crippen molar-refractivity contribution >= 4 is 64.0 Å². The average molecular weight is 732 g/mol. The molecule has 0 saturated carbocycles. The first-order valence-electron chi connectivity index (χ1n) is 13.1. The summed E-state index contributed by atoms with van der Waals surface area (Å²) in [5.74, 6) is 3.90. The predicted octanol–water partition coefficient (Wildman–Crippen LogP) is 6.45. The van der Waals surface area contributed by atoms with Crippen LogP contribution in [0.3, 0.4) is 0 Å². The van der Waals surface area contributed by atoms with Gasteiger partial charge in [-0.3, -0.25) is 14.8 Å². The maximum atomic E-state index is 14.5. The molecule has 1 aliphatic rings. The molecule has 3 aromatic rings. The largest absolute Gasteiger partial charge is 0.495 e. The number of carbonyl (C=O) groups excluding carboxylic acids is 1. The van der Waals surface area contributed by atoms with Crippen LogP contribution in [0.25, 0.3) is 11.3 Å². The number of halogens is 4. The summed E-state index contributed by atoms with van der Waals surface area (Å²) in [4.78, 5) is 22.2. The summed E-state index contributed by atoms with van der Waals surface area (Å²) in [6, 6.07) is 8.45. The highest BCUT2D eigenvalue weighted by atomic mass is 127. The lowest BCUT2D eigenvalue weighted by atomic mass is 9.90. The molecule has 1 atom stereocenters. The number of aromatic nitrogens is 1. The highest BCUT2D eigenvalue weighted by Gasteiger charge is 2.25. The van der Waals surface area contributed by atoms with E-state index in [1.807, 2.05) is 13.0 Å². The Bertz CT molecular complexity index is 1440. The molecule has 42 heavy (non-hydrogen) atoms. The normalized spacial score (nSPS) is 14.2. The van der Waals surface area contributed by atoms with E-state index in [1.165, 1.54) is 13.2 Å². The lowest BCUT2D eigenvalue weighted by Crippen LogP contribution is -2.26. The van der Waals surface area contributed by atoms with Crippen molar-refractivity contribution in [1.29, 1.82) is 0 Å². The Labute approximate surface area is 268 Å². The molecule has 1 unspecified atom stereocenters. The van der Waals surface area contributed by atoms with Crippen LogP contribution in [0.1, 0.15) is 58.9 Å². The summed E-state index contributed by atoms with van der Waals surface area (Å²) >= 11 is 13.8. The number of nitrogens with one attached hydrogen (secondary N) is 1. The first kappa shape index (κ1) is 33.9. The molecule has 0 aliphatic carbocycles. The second kappa shape index (κ2) is 16.3. The maximum Gasteiger partial charge on any atom is 0.251 e. The van der Waals surface area contributed by atoms with Crippen LogP contribution >= 0.6 is 46.2 Å². The first-order chi connectivity index (χ1) is 20.2. The number of nitrogens with zero attached hydrogens (tertiary/aromatic N) is 2. The lowest BCUT2D eigenvalue weighted by molar-refractivity contribution is 0.0951. The van der Waals surface area contributed by atoms with Crippen molar-refractivity contribution in [2.75, 3.05) is 32.5 Å². The fourth-order valence-electron chi connectivity index (χ4n) is 4.48. The van der Waals surface area contributed by atoms with E-state index in [0.29, 0.717) is 66.5 Å². The molecule has 1 amide bonds. The van der Waals surface area contributed by atoms with Gasteiger partial charge in [-0.2, -0.15) is 0 Å². The Balaban J connectivity index is 0.00000155. The second-order valence-corrected chi connectivity index (χ2v) is 10.8. The van der Waals surface area contributed by atoms with Crippen LogP contribution in [0.15, 0.2) is 35.3 Å². The summed E-state index contributed by atoms with van der Waals surface area (Å²) in [6.07, 6.45) is 3.01. The fourth-order valence-corrected chi connectivity index (χ4v) is 4.94. The third-order valence-electron chi connectivity index (χ3n) is 6.55. The zero-order valence-corrected chi connectivity index (χ0v) is 27.1. The molecule has 2 aromatic carbocycles. The molecule has 0 spiro atoms. The SMILES string of the molecule is CCCN=Cc1cc(C(=O)NCCc2cc3c(c(-c4ccc(Cl)c(F)c4Cl)n2)COCC3C)cc(OC)c1N.NOI. The molecular formula is C29H33Cl2FIN5O4. The quantitative estimate of drug-likeness (QED) is 0.0758. The van der Waals surface area contributed by atoms with Gasteiger partial charge in [0.25, 0.3) is 5.91 Å². The van der Waals surface area contributed by atoms with Crippen LogP contribution in [-0.2, 0) is 20.9 Å². The van der Waals surface area contributed by atoms with E-state index in [2.05, 4.69) is 26.3 Å². The number of anilines is 1. The zero-order valence-electron chi connectivity index (χ0n) is 23.5. The van der Waals surface area contributed by atoms with Crippen LogP contribution in [0.4, 0.5) is 10.1 Å². The predicted molar refractivity (Wildman–Crippen MR) is 173 cm³/mol. The number of ether oxygens (including phenoxy) is 2. The summed E-state index contributed by atoms with van der Waals surface area (Å²) < 4.78 is 29.4. The Morgan fingerprint density at radius 1 is 1.33 bits per heavy atom. The summed E-state index contributed by atoms with van der Waals surface area (Å²) in [5, 5.41) is 2.80. The van der Waals surface area contributed by atoms with Gasteiger partial charge in [-0.15, -0.1) is 0 Å². The van der Waals surface area contributed by atoms with Gasteiger partial charge in [-0.25, -0.2) is 13.5 Å². The molecule has 1 aromatic heterocycles. The van der Waals surface area contributed by atoms with Gasteiger partial charge in [-0.1, -0.05) is 37.0 Å². The molecule has 0 radical (unpaired) electrons. The van der Waals surface area contributed by atoms with Crippen LogP contribution in [0.5, 0.6) is 5.75 Å². The van der Waals surface area contributed by atoms with Crippen LogP contribution in [0.2, 0.25) is 10.0 Å². The summed E-state index contributed by atoms with van der Waals surface area (Å²) in [7, 11) is 1.50. The number of nitrogens with two attached hydrogens (primary N) is 2. The van der Waals surface area contributed by atoms with E-state index in [4.69, 9.17) is 43.4 Å². The Kier molecular flexibility index (Phi) is 13.2. The molecule has 2 heterocycles. The van der Waals surface area contributed by atoms with Crippen LogP contribution < -0.4 is 21.7 Å². The van der Waals surface area contributed by atoms with E-state index in [9.17, 15) is 9.18 Å². The Morgan fingerprint density at radius 2 is 2.07 bits per heavy atom. The van der Waals surface area contributed by atoms with Gasteiger partial charge in [0.1, 0.15) is 28.8 Å². The number of methoxy groups -OCH3 is 1. The van der Waals surface area contributed by atoms with Crippen molar-refractivity contribution < 1.29 is 21.8 Å². The molecular weight excluding hydrogens is 699 g/mol. The second-order valence-electron chi connectivity index (χ2n) is 9.48. The van der Waals surface area contributed by atoms with Gasteiger partial charge >= 0.3 is 0 Å². The monoisotopic (exact) mass is 731 g/mol. The van der Waals surface area contributed by atoms with Crippen molar-refractivity contribution in [1.82, 2.24) is 10.3 Å². The summed E-state index contributed by atoms with van der Waals surface area (Å²) in [6.45, 7) is 5.99. The van der Waals surface area contributed by atoms with E-state index in [-0.39, 0.29) is 21.9 Å². The van der Waals surface area contributed by atoms with Crippen molar-refractivity contribution in [3.8, 4) is 17.0 Å². The molecule has 0 bridgehead atoms. The van der Waals surface area contributed by atoms with Crippen LogP contribution in [-0.4, -0.2) is 43.9 Å². The smallest absolute Gasteiger partial charge is 0.251 e. The Morgan fingerprint density at radius 3 is 2.76 bits per heavy atom. The van der Waals surface area contributed by atoms with Crippen molar-refractivity contribution in [2.45, 2.75) is 39.2 Å². The van der Waals surface area contributed by atoms with Crippen molar-refractivity contribution in [3.05, 3.63) is 74.1 Å². The molecule has 9 nitrogen and oxygen atoms in total. The maximum absolute atomic E-state index is 14.5. The molecule has 1 aliphatic heterocycles. The number of fused-ring (bicyclic) bond motifs is 1. The first-order valence-corrected chi connectivity index (χ1v) is 14.8. The number of hydrogen-bond donors (Lipinski definition) is 3. The average Bonchev–Trinajstić information content (AvgIpc) is 2.97. The third kappa shape index (κ3) is 8.29. The van der Waals surface area contributed by atoms with Crippen molar-refractivity contribution in [3.63, 3.8) is 0 Å². The summed E-state index contributed by atoms with van der Waals surface area (Å²) in [5.41, 5.74) is 11.3. The minimum atomic E-state index is -0.688.